The molecule has 1 aromatic carbocycles. The molecule has 2 rings (SSSR count). The second kappa shape index (κ2) is 7.68. The number of nitro benzene ring substituents is 1. The Hall–Kier alpha value is -3.49. The summed E-state index contributed by atoms with van der Waals surface area (Å²) in [6.45, 7) is 1.84. The van der Waals surface area contributed by atoms with E-state index in [1.54, 1.807) is 6.92 Å². The second-order valence-corrected chi connectivity index (χ2v) is 4.49. The number of nitro groups is 1. The van der Waals surface area contributed by atoms with Gasteiger partial charge in [0.15, 0.2) is 0 Å². The van der Waals surface area contributed by atoms with Gasteiger partial charge >= 0.3 is 0 Å². The van der Waals surface area contributed by atoms with Crippen LogP contribution < -0.4 is 15.3 Å². The van der Waals surface area contributed by atoms with Gasteiger partial charge in [0, 0.05) is 24.0 Å². The molecule has 1 aromatic heterocycles. The minimum Gasteiger partial charge on any atom is -0.870 e. The first kappa shape index (κ1) is 16.9. The first-order valence-corrected chi connectivity index (χ1v) is 6.88. The number of amides is 1. The van der Waals surface area contributed by atoms with Gasteiger partial charge in [-0.1, -0.05) is 5.75 Å². The molecule has 9 nitrogen and oxygen atoms in total. The van der Waals surface area contributed by atoms with Crippen LogP contribution in [0.15, 0.2) is 41.8 Å². The quantitative estimate of drug-likeness (QED) is 0.482. The standard InChI is InChI=1S/C15H14N4O5/c1-2-24-13-8-12(19(22)23)7-11(14(13)20)9-17-18-15(21)10-3-5-16-6-4-10/h3-9,20H,2H2,1H3,(H,18,21)/p-1/b17-9-. The largest absolute Gasteiger partial charge is 0.870 e. The molecule has 1 amide bonds. The van der Waals surface area contributed by atoms with Crippen molar-refractivity contribution in [2.24, 2.45) is 5.10 Å². The lowest BCUT2D eigenvalue weighted by Crippen LogP contribution is -2.17. The lowest BCUT2D eigenvalue weighted by atomic mass is 10.1. The number of hydrazone groups is 1. The third-order valence-corrected chi connectivity index (χ3v) is 2.89. The summed E-state index contributed by atoms with van der Waals surface area (Å²) in [5.74, 6) is -1.20. The molecule has 0 fully saturated rings. The molecule has 124 valence electrons. The summed E-state index contributed by atoms with van der Waals surface area (Å²) < 4.78 is 5.09. The third-order valence-electron chi connectivity index (χ3n) is 2.89. The van der Waals surface area contributed by atoms with E-state index in [2.05, 4.69) is 15.5 Å². The average Bonchev–Trinajstić information content (AvgIpc) is 2.58. The number of pyridine rings is 1. The van der Waals surface area contributed by atoms with Crippen LogP contribution in [0, 0.1) is 10.1 Å². The maximum atomic E-state index is 12.1. The van der Waals surface area contributed by atoms with Crippen LogP contribution in [0.25, 0.3) is 0 Å². The number of nitrogens with zero attached hydrogens (tertiary/aromatic N) is 3. The molecule has 0 aliphatic carbocycles. The van der Waals surface area contributed by atoms with Crippen molar-refractivity contribution in [1.29, 1.82) is 0 Å². The molecule has 9 heteroatoms. The van der Waals surface area contributed by atoms with Crippen LogP contribution in [0.5, 0.6) is 11.5 Å². The van der Waals surface area contributed by atoms with Crippen LogP contribution in [-0.4, -0.2) is 28.6 Å². The number of hydrogen-bond donors (Lipinski definition) is 1. The number of carbonyl (C=O) groups is 1. The molecule has 0 radical (unpaired) electrons. The number of rotatable bonds is 6. The number of ether oxygens (including phenoxy) is 1. The SMILES string of the molecule is CCOc1cc([N+](=O)[O-])cc(/C=N\NC(=O)c2ccncc2)c1[O-]. The van der Waals surface area contributed by atoms with Gasteiger partial charge in [0.25, 0.3) is 11.6 Å². The van der Waals surface area contributed by atoms with E-state index in [0.29, 0.717) is 5.56 Å². The Bertz CT molecular complexity index is 777. The predicted molar refractivity (Wildman–Crippen MR) is 83.0 cm³/mol. The van der Waals surface area contributed by atoms with Crippen molar-refractivity contribution >= 4 is 17.8 Å². The van der Waals surface area contributed by atoms with Gasteiger partial charge in [0.1, 0.15) is 5.75 Å². The van der Waals surface area contributed by atoms with Gasteiger partial charge in [-0.3, -0.25) is 19.9 Å². The number of non-ortho nitro benzene ring substituents is 1. The molecule has 1 heterocycles. The van der Waals surface area contributed by atoms with Crippen molar-refractivity contribution in [2.45, 2.75) is 6.92 Å². The molecule has 0 saturated carbocycles. The van der Waals surface area contributed by atoms with E-state index in [-0.39, 0.29) is 23.6 Å². The monoisotopic (exact) mass is 329 g/mol. The Kier molecular flexibility index (Phi) is 5.40. The van der Waals surface area contributed by atoms with Crippen molar-refractivity contribution in [1.82, 2.24) is 10.4 Å². The van der Waals surface area contributed by atoms with E-state index in [9.17, 15) is 20.0 Å². The summed E-state index contributed by atoms with van der Waals surface area (Å²) in [6, 6.07) is 5.10. The van der Waals surface area contributed by atoms with E-state index in [0.717, 1.165) is 18.3 Å². The lowest BCUT2D eigenvalue weighted by molar-refractivity contribution is -0.385. The Labute approximate surface area is 136 Å². The molecule has 0 spiro atoms. The van der Waals surface area contributed by atoms with Crippen molar-refractivity contribution in [2.75, 3.05) is 6.61 Å². The minimum absolute atomic E-state index is 0.0670. The van der Waals surface area contributed by atoms with Crippen LogP contribution in [-0.2, 0) is 0 Å². The van der Waals surface area contributed by atoms with E-state index in [1.165, 1.54) is 24.5 Å². The van der Waals surface area contributed by atoms with E-state index in [1.807, 2.05) is 0 Å². The first-order valence-electron chi connectivity index (χ1n) is 6.88. The highest BCUT2D eigenvalue weighted by molar-refractivity contribution is 5.95. The average molecular weight is 329 g/mol. The van der Waals surface area contributed by atoms with Crippen molar-refractivity contribution in [3.8, 4) is 11.5 Å². The summed E-state index contributed by atoms with van der Waals surface area (Å²) in [4.78, 5) is 25.9. The van der Waals surface area contributed by atoms with E-state index < -0.39 is 16.6 Å². The Morgan fingerprint density at radius 1 is 1.42 bits per heavy atom. The zero-order valence-electron chi connectivity index (χ0n) is 12.6. The number of carbonyl (C=O) groups excluding carboxylic acids is 1. The van der Waals surface area contributed by atoms with Gasteiger partial charge in [0.05, 0.1) is 23.8 Å². The zero-order chi connectivity index (χ0) is 17.5. The van der Waals surface area contributed by atoms with E-state index in [4.69, 9.17) is 4.74 Å². The van der Waals surface area contributed by atoms with Crippen LogP contribution in [0.4, 0.5) is 5.69 Å². The van der Waals surface area contributed by atoms with Gasteiger partial charge in [-0.2, -0.15) is 5.10 Å². The Balaban J connectivity index is 2.21. The third kappa shape index (κ3) is 4.03. The second-order valence-electron chi connectivity index (χ2n) is 4.49. The van der Waals surface area contributed by atoms with Gasteiger partial charge in [-0.25, -0.2) is 5.43 Å². The van der Waals surface area contributed by atoms with E-state index >= 15 is 0 Å². The summed E-state index contributed by atoms with van der Waals surface area (Å²) in [5.41, 5.74) is 2.19. The zero-order valence-corrected chi connectivity index (χ0v) is 12.6. The lowest BCUT2D eigenvalue weighted by Gasteiger charge is -2.16. The molecule has 0 aliphatic rings. The molecular formula is C15H13N4O5-. The topological polar surface area (TPSA) is 130 Å². The molecule has 0 unspecified atom stereocenters. The summed E-state index contributed by atoms with van der Waals surface area (Å²) in [7, 11) is 0. The molecular weight excluding hydrogens is 316 g/mol. The molecule has 0 atom stereocenters. The fourth-order valence-corrected chi connectivity index (χ4v) is 1.80. The van der Waals surface area contributed by atoms with Crippen molar-refractivity contribution in [3.05, 3.63) is 57.9 Å². The predicted octanol–water partition coefficient (Wildman–Crippen LogP) is 1.23. The molecule has 2 aromatic rings. The summed E-state index contributed by atoms with van der Waals surface area (Å²) in [5, 5.41) is 26.7. The fourth-order valence-electron chi connectivity index (χ4n) is 1.80. The number of nitrogens with one attached hydrogen (secondary N) is 1. The smallest absolute Gasteiger partial charge is 0.273 e. The highest BCUT2D eigenvalue weighted by atomic mass is 16.6. The van der Waals surface area contributed by atoms with Crippen LogP contribution >= 0.6 is 0 Å². The fraction of sp³-hybridized carbons (Fsp3) is 0.133. The highest BCUT2D eigenvalue weighted by Crippen LogP contribution is 2.31. The maximum absolute atomic E-state index is 12.1. The normalized spacial score (nSPS) is 10.5. The summed E-state index contributed by atoms with van der Waals surface area (Å²) in [6.07, 6.45) is 3.93. The molecule has 0 saturated heterocycles. The number of aromatic nitrogens is 1. The molecule has 1 N–H and O–H groups in total. The van der Waals surface area contributed by atoms with Gasteiger partial charge < -0.3 is 9.84 Å². The Morgan fingerprint density at radius 3 is 2.75 bits per heavy atom. The minimum atomic E-state index is -0.644. The van der Waals surface area contributed by atoms with Gasteiger partial charge in [0.2, 0.25) is 0 Å². The molecule has 0 aliphatic heterocycles. The highest BCUT2D eigenvalue weighted by Gasteiger charge is 2.12. The first-order chi connectivity index (χ1) is 11.5. The number of benzene rings is 1. The van der Waals surface area contributed by atoms with Crippen LogP contribution in [0.2, 0.25) is 0 Å². The number of hydrogen-bond acceptors (Lipinski definition) is 7. The summed E-state index contributed by atoms with van der Waals surface area (Å²) >= 11 is 0. The maximum Gasteiger partial charge on any atom is 0.273 e. The van der Waals surface area contributed by atoms with Crippen LogP contribution in [0.3, 0.4) is 0 Å². The van der Waals surface area contributed by atoms with Crippen molar-refractivity contribution in [3.63, 3.8) is 0 Å². The van der Waals surface area contributed by atoms with Crippen LogP contribution in [0.1, 0.15) is 22.8 Å². The molecule has 0 bridgehead atoms. The van der Waals surface area contributed by atoms with Crippen molar-refractivity contribution < 1.29 is 19.6 Å². The van der Waals surface area contributed by atoms with Gasteiger partial charge in [-0.05, 0) is 24.6 Å². The Morgan fingerprint density at radius 2 is 2.12 bits per heavy atom. The van der Waals surface area contributed by atoms with Gasteiger partial charge in [-0.15, -0.1) is 0 Å². The molecule has 24 heavy (non-hydrogen) atoms.